The number of likely N-dealkylation sites (tertiary alicyclic amines) is 1. The topological polar surface area (TPSA) is 75.4 Å². The number of nitrogens with one attached hydrogen (secondary N) is 1. The average molecular weight is 432 g/mol. The summed E-state index contributed by atoms with van der Waals surface area (Å²) in [4.78, 5) is 29.2. The van der Waals surface area contributed by atoms with Gasteiger partial charge in [0.1, 0.15) is 6.04 Å². The molecule has 1 heterocycles. The van der Waals surface area contributed by atoms with E-state index in [-0.39, 0.29) is 29.9 Å². The second-order valence-electron chi connectivity index (χ2n) is 9.79. The first-order chi connectivity index (χ1) is 15.5. The van der Waals surface area contributed by atoms with Crippen LogP contribution in [0.15, 0.2) is 48.5 Å². The molecule has 168 valence electrons. The summed E-state index contributed by atoms with van der Waals surface area (Å²) in [5.41, 5.74) is 10.2. The Hall–Kier alpha value is -2.66. The largest absolute Gasteiger partial charge is 0.347 e. The highest BCUT2D eigenvalue weighted by Crippen LogP contribution is 2.41. The minimum absolute atomic E-state index is 0.00204. The zero-order valence-corrected chi connectivity index (χ0v) is 18.8. The van der Waals surface area contributed by atoms with Crippen LogP contribution in [0, 0.1) is 5.92 Å². The van der Waals surface area contributed by atoms with Crippen LogP contribution in [0.25, 0.3) is 0 Å². The molecule has 2 aliphatic carbocycles. The highest BCUT2D eigenvalue weighted by Gasteiger charge is 2.48. The van der Waals surface area contributed by atoms with Gasteiger partial charge in [-0.15, -0.1) is 0 Å². The fourth-order valence-corrected chi connectivity index (χ4v) is 6.07. The number of fused-ring (bicyclic) bond motifs is 2. The van der Waals surface area contributed by atoms with Crippen LogP contribution in [0.3, 0.4) is 0 Å². The highest BCUT2D eigenvalue weighted by atomic mass is 16.2. The van der Waals surface area contributed by atoms with Crippen molar-refractivity contribution in [3.8, 4) is 0 Å². The van der Waals surface area contributed by atoms with Crippen LogP contribution in [-0.2, 0) is 11.2 Å². The monoisotopic (exact) mass is 431 g/mol. The zero-order valence-electron chi connectivity index (χ0n) is 18.8. The number of hydrogen-bond acceptors (Lipinski definition) is 3. The minimum Gasteiger partial charge on any atom is -0.347 e. The number of carbonyl (C=O) groups excluding carboxylic acids is 2. The molecule has 5 unspecified atom stereocenters. The van der Waals surface area contributed by atoms with Crippen LogP contribution in [0.1, 0.15) is 84.6 Å². The summed E-state index contributed by atoms with van der Waals surface area (Å²) >= 11 is 0. The molecule has 0 radical (unpaired) electrons. The summed E-state index contributed by atoms with van der Waals surface area (Å²) in [5, 5.41) is 3.30. The van der Waals surface area contributed by atoms with E-state index in [0.29, 0.717) is 11.5 Å². The number of nitrogens with two attached hydrogens (primary N) is 1. The lowest BCUT2D eigenvalue weighted by Crippen LogP contribution is -2.50. The smallest absolute Gasteiger partial charge is 0.254 e. The Morgan fingerprint density at radius 1 is 1.06 bits per heavy atom. The zero-order chi connectivity index (χ0) is 22.2. The number of benzene rings is 2. The molecule has 0 bridgehead atoms. The summed E-state index contributed by atoms with van der Waals surface area (Å²) in [6.45, 7) is 1.92. The Balaban J connectivity index is 1.41. The van der Waals surface area contributed by atoms with Crippen LogP contribution >= 0.6 is 0 Å². The number of rotatable bonds is 4. The third-order valence-electron chi connectivity index (χ3n) is 7.73. The average Bonchev–Trinajstić information content (AvgIpc) is 3.40. The van der Waals surface area contributed by atoms with E-state index in [1.165, 1.54) is 17.5 Å². The Kier molecular flexibility index (Phi) is 5.76. The molecule has 3 N–H and O–H groups in total. The molecule has 5 rings (SSSR count). The molecule has 32 heavy (non-hydrogen) atoms. The highest BCUT2D eigenvalue weighted by molar-refractivity contribution is 5.98. The van der Waals surface area contributed by atoms with Crippen molar-refractivity contribution in [2.45, 2.75) is 76.0 Å². The lowest BCUT2D eigenvalue weighted by atomic mass is 9.84. The first-order valence-electron chi connectivity index (χ1n) is 12.1. The molecule has 5 atom stereocenters. The molecule has 2 fully saturated rings. The predicted molar refractivity (Wildman–Crippen MR) is 125 cm³/mol. The fourth-order valence-electron chi connectivity index (χ4n) is 6.07. The van der Waals surface area contributed by atoms with Crippen LogP contribution < -0.4 is 11.1 Å². The van der Waals surface area contributed by atoms with Gasteiger partial charge in [-0.05, 0) is 73.8 Å². The van der Waals surface area contributed by atoms with Gasteiger partial charge in [0.25, 0.3) is 5.91 Å². The molecule has 0 spiro atoms. The van der Waals surface area contributed by atoms with E-state index in [0.717, 1.165) is 44.1 Å². The van der Waals surface area contributed by atoms with Gasteiger partial charge in [-0.25, -0.2) is 0 Å². The molecule has 1 aliphatic heterocycles. The first kappa shape index (κ1) is 21.2. The Morgan fingerprint density at radius 2 is 1.88 bits per heavy atom. The molecule has 1 saturated heterocycles. The Bertz CT molecular complexity index is 1020. The normalized spacial score (nSPS) is 27.5. The number of nitrogens with zero attached hydrogens (tertiary/aromatic N) is 1. The van der Waals surface area contributed by atoms with Gasteiger partial charge >= 0.3 is 0 Å². The van der Waals surface area contributed by atoms with Crippen molar-refractivity contribution in [1.82, 2.24) is 10.2 Å². The van der Waals surface area contributed by atoms with Gasteiger partial charge < -0.3 is 16.0 Å². The number of carbonyl (C=O) groups is 2. The van der Waals surface area contributed by atoms with Gasteiger partial charge in [0, 0.05) is 17.6 Å². The maximum atomic E-state index is 13.7. The van der Waals surface area contributed by atoms with Crippen molar-refractivity contribution >= 4 is 11.8 Å². The van der Waals surface area contributed by atoms with E-state index >= 15 is 0 Å². The van der Waals surface area contributed by atoms with E-state index in [1.54, 1.807) is 0 Å². The lowest BCUT2D eigenvalue weighted by molar-refractivity contribution is -0.126. The minimum atomic E-state index is -0.401. The predicted octanol–water partition coefficient (Wildman–Crippen LogP) is 4.28. The summed E-state index contributed by atoms with van der Waals surface area (Å²) in [5.74, 6) is 0.377. The summed E-state index contributed by atoms with van der Waals surface area (Å²) in [6, 6.07) is 15.6. The van der Waals surface area contributed by atoms with E-state index in [9.17, 15) is 9.59 Å². The van der Waals surface area contributed by atoms with Gasteiger partial charge in [0.2, 0.25) is 5.91 Å². The van der Waals surface area contributed by atoms with Crippen molar-refractivity contribution in [3.63, 3.8) is 0 Å². The molecule has 2 aromatic carbocycles. The van der Waals surface area contributed by atoms with Gasteiger partial charge in [-0.2, -0.15) is 0 Å². The van der Waals surface area contributed by atoms with Crippen LogP contribution in [-0.4, -0.2) is 28.8 Å². The molecule has 1 saturated carbocycles. The maximum absolute atomic E-state index is 13.7. The molecule has 2 aromatic rings. The van der Waals surface area contributed by atoms with Crippen LogP contribution in [0.4, 0.5) is 0 Å². The van der Waals surface area contributed by atoms with Crippen molar-refractivity contribution in [2.75, 3.05) is 0 Å². The number of aryl methyl sites for hydroxylation is 1. The fraction of sp³-hybridized carbons (Fsp3) is 0.481. The standard InChI is InChI=1S/C27H33N3O2/c1-17(28)19-9-6-10-21(15-19)27(32)30-24-12-5-3-8-20(24)16-25(30)26(31)29-23-14-13-18-7-2-4-11-22(18)23/h2,4,6-7,9-11,15,17,20,23-25H,3,5,8,12-14,16,28H2,1H3,(H,29,31). The lowest BCUT2D eigenvalue weighted by Gasteiger charge is -2.34. The van der Waals surface area contributed by atoms with Gasteiger partial charge in [0.05, 0.1) is 6.04 Å². The summed E-state index contributed by atoms with van der Waals surface area (Å²) in [6.07, 6.45) is 7.08. The van der Waals surface area contributed by atoms with E-state index < -0.39 is 6.04 Å². The maximum Gasteiger partial charge on any atom is 0.254 e. The second kappa shape index (κ2) is 8.70. The Morgan fingerprint density at radius 3 is 2.72 bits per heavy atom. The van der Waals surface area contributed by atoms with Crippen molar-refractivity contribution in [2.24, 2.45) is 11.7 Å². The molecular weight excluding hydrogens is 398 g/mol. The number of amides is 2. The van der Waals surface area contributed by atoms with Crippen molar-refractivity contribution in [1.29, 1.82) is 0 Å². The molecular formula is C27H33N3O2. The van der Waals surface area contributed by atoms with Crippen molar-refractivity contribution in [3.05, 3.63) is 70.8 Å². The van der Waals surface area contributed by atoms with Gasteiger partial charge in [-0.1, -0.05) is 49.2 Å². The van der Waals surface area contributed by atoms with E-state index in [2.05, 4.69) is 23.5 Å². The summed E-state index contributed by atoms with van der Waals surface area (Å²) in [7, 11) is 0. The molecule has 2 amide bonds. The third-order valence-corrected chi connectivity index (χ3v) is 7.73. The van der Waals surface area contributed by atoms with Crippen LogP contribution in [0.2, 0.25) is 0 Å². The third kappa shape index (κ3) is 3.83. The van der Waals surface area contributed by atoms with Gasteiger partial charge in [-0.3, -0.25) is 9.59 Å². The molecule has 3 aliphatic rings. The quantitative estimate of drug-likeness (QED) is 0.759. The van der Waals surface area contributed by atoms with E-state index in [4.69, 9.17) is 5.73 Å². The Labute approximate surface area is 190 Å². The van der Waals surface area contributed by atoms with Crippen molar-refractivity contribution < 1.29 is 9.59 Å². The molecule has 0 aromatic heterocycles. The van der Waals surface area contributed by atoms with Crippen LogP contribution in [0.5, 0.6) is 0 Å². The van der Waals surface area contributed by atoms with Gasteiger partial charge in [0.15, 0.2) is 0 Å². The number of hydrogen-bond donors (Lipinski definition) is 2. The molecule has 5 nitrogen and oxygen atoms in total. The van der Waals surface area contributed by atoms with E-state index in [1.807, 2.05) is 42.2 Å². The SMILES string of the molecule is CC(N)c1cccc(C(=O)N2C(C(=O)NC3CCc4ccccc43)CC3CCCCC32)c1. The second-order valence-corrected chi connectivity index (χ2v) is 9.79. The summed E-state index contributed by atoms with van der Waals surface area (Å²) < 4.78 is 0. The molecule has 5 heteroatoms. The first-order valence-corrected chi connectivity index (χ1v) is 12.1.